The lowest BCUT2D eigenvalue weighted by Gasteiger charge is -2.09. The zero-order valence-corrected chi connectivity index (χ0v) is 13.6. The Balaban J connectivity index is 0.00000288. The van der Waals surface area contributed by atoms with E-state index < -0.39 is 11.7 Å². The molecular weight excluding hydrogens is 341 g/mol. The van der Waals surface area contributed by atoms with Gasteiger partial charge in [-0.15, -0.1) is 12.4 Å². The molecule has 0 unspecified atom stereocenters. The molecule has 2 rings (SSSR count). The van der Waals surface area contributed by atoms with Crippen LogP contribution in [0.5, 0.6) is 0 Å². The van der Waals surface area contributed by atoms with Gasteiger partial charge >= 0.3 is 6.18 Å². The van der Waals surface area contributed by atoms with Gasteiger partial charge in [-0.25, -0.2) is 0 Å². The zero-order chi connectivity index (χ0) is 16.9. The molecule has 0 bridgehead atoms. The first-order valence-corrected chi connectivity index (χ1v) is 7.13. The normalized spacial score (nSPS) is 10.8. The lowest BCUT2D eigenvalue weighted by atomic mass is 10.0. The van der Waals surface area contributed by atoms with Gasteiger partial charge in [-0.1, -0.05) is 30.3 Å². The van der Waals surface area contributed by atoms with E-state index in [-0.39, 0.29) is 31.3 Å². The number of alkyl halides is 3. The van der Waals surface area contributed by atoms with Gasteiger partial charge in [0, 0.05) is 19.5 Å². The quantitative estimate of drug-likeness (QED) is 0.855. The van der Waals surface area contributed by atoms with E-state index in [1.165, 1.54) is 12.1 Å². The maximum absolute atomic E-state index is 12.6. The van der Waals surface area contributed by atoms with Gasteiger partial charge in [-0.3, -0.25) is 4.79 Å². The molecule has 0 fully saturated rings. The summed E-state index contributed by atoms with van der Waals surface area (Å²) < 4.78 is 37.7. The van der Waals surface area contributed by atoms with E-state index in [2.05, 4.69) is 5.32 Å². The molecule has 0 aliphatic rings. The molecule has 0 aliphatic carbocycles. The van der Waals surface area contributed by atoms with Crippen LogP contribution in [0, 0.1) is 0 Å². The van der Waals surface area contributed by atoms with Crippen LogP contribution in [0.2, 0.25) is 0 Å². The monoisotopic (exact) mass is 358 g/mol. The standard InChI is InChI=1S/C17H17F3N2O.ClH/c18-17(19,20)15-6-4-13(5-7-15)14-3-1-2-12(10-14)11-22-16(23)8-9-21;/h1-7,10H,8-9,11,21H2,(H,22,23);1H. The number of carbonyl (C=O) groups is 1. The van der Waals surface area contributed by atoms with Crippen molar-refractivity contribution in [2.75, 3.05) is 6.54 Å². The third kappa shape index (κ3) is 5.54. The van der Waals surface area contributed by atoms with E-state index >= 15 is 0 Å². The lowest BCUT2D eigenvalue weighted by molar-refractivity contribution is -0.137. The third-order valence-electron chi connectivity index (χ3n) is 3.33. The molecule has 0 saturated carbocycles. The average Bonchev–Trinajstić information content (AvgIpc) is 2.53. The van der Waals surface area contributed by atoms with Crippen molar-refractivity contribution >= 4 is 18.3 Å². The van der Waals surface area contributed by atoms with Gasteiger partial charge in [0.25, 0.3) is 0 Å². The zero-order valence-electron chi connectivity index (χ0n) is 12.8. The van der Waals surface area contributed by atoms with Crippen molar-refractivity contribution in [3.8, 4) is 11.1 Å². The Morgan fingerprint density at radius 3 is 2.29 bits per heavy atom. The fraction of sp³-hybridized carbons (Fsp3) is 0.235. The molecule has 7 heteroatoms. The minimum Gasteiger partial charge on any atom is -0.352 e. The summed E-state index contributed by atoms with van der Waals surface area (Å²) in [7, 11) is 0. The molecule has 0 spiro atoms. The molecule has 130 valence electrons. The summed E-state index contributed by atoms with van der Waals surface area (Å²) in [4.78, 5) is 11.4. The van der Waals surface area contributed by atoms with Crippen LogP contribution in [0.3, 0.4) is 0 Å². The molecule has 0 heterocycles. The molecule has 24 heavy (non-hydrogen) atoms. The Morgan fingerprint density at radius 2 is 1.71 bits per heavy atom. The van der Waals surface area contributed by atoms with Crippen molar-refractivity contribution in [2.45, 2.75) is 19.1 Å². The number of amides is 1. The number of benzene rings is 2. The van der Waals surface area contributed by atoms with Gasteiger partial charge in [0.1, 0.15) is 0 Å². The number of nitrogens with two attached hydrogens (primary N) is 1. The maximum atomic E-state index is 12.6. The van der Waals surface area contributed by atoms with Gasteiger partial charge in [0.15, 0.2) is 0 Å². The predicted octanol–water partition coefficient (Wildman–Crippen LogP) is 3.76. The van der Waals surface area contributed by atoms with Crippen LogP contribution in [-0.4, -0.2) is 12.5 Å². The summed E-state index contributed by atoms with van der Waals surface area (Å²) in [5.41, 5.74) is 6.98. The van der Waals surface area contributed by atoms with Crippen molar-refractivity contribution < 1.29 is 18.0 Å². The SMILES string of the molecule is Cl.NCCC(=O)NCc1cccc(-c2ccc(C(F)(F)F)cc2)c1. The minimum absolute atomic E-state index is 0. The molecule has 0 saturated heterocycles. The van der Waals surface area contributed by atoms with Gasteiger partial charge < -0.3 is 11.1 Å². The largest absolute Gasteiger partial charge is 0.416 e. The van der Waals surface area contributed by atoms with Crippen molar-refractivity contribution in [3.05, 3.63) is 59.7 Å². The molecular formula is C17H18ClF3N2O. The number of carbonyl (C=O) groups excluding carboxylic acids is 1. The van der Waals surface area contributed by atoms with Crippen LogP contribution in [0.15, 0.2) is 48.5 Å². The second-order valence-corrected chi connectivity index (χ2v) is 5.09. The number of halogens is 4. The molecule has 2 aromatic rings. The summed E-state index contributed by atoms with van der Waals surface area (Å²) >= 11 is 0. The number of hydrogen-bond acceptors (Lipinski definition) is 2. The highest BCUT2D eigenvalue weighted by atomic mass is 35.5. The Bertz CT molecular complexity index is 672. The fourth-order valence-electron chi connectivity index (χ4n) is 2.13. The van der Waals surface area contributed by atoms with Crippen LogP contribution in [-0.2, 0) is 17.5 Å². The average molecular weight is 359 g/mol. The second kappa shape index (κ2) is 8.70. The first-order chi connectivity index (χ1) is 10.9. The van der Waals surface area contributed by atoms with Gasteiger partial charge in [0.2, 0.25) is 5.91 Å². The smallest absolute Gasteiger partial charge is 0.352 e. The highest BCUT2D eigenvalue weighted by Gasteiger charge is 2.29. The van der Waals surface area contributed by atoms with Crippen LogP contribution < -0.4 is 11.1 Å². The van der Waals surface area contributed by atoms with E-state index in [4.69, 9.17) is 5.73 Å². The van der Waals surface area contributed by atoms with E-state index in [9.17, 15) is 18.0 Å². The van der Waals surface area contributed by atoms with Crippen molar-refractivity contribution in [2.24, 2.45) is 5.73 Å². The Morgan fingerprint density at radius 1 is 1.04 bits per heavy atom. The number of rotatable bonds is 5. The molecule has 3 nitrogen and oxygen atoms in total. The summed E-state index contributed by atoms with van der Waals surface area (Å²) in [5, 5.41) is 2.74. The molecule has 0 radical (unpaired) electrons. The molecule has 1 amide bonds. The minimum atomic E-state index is -4.34. The highest BCUT2D eigenvalue weighted by Crippen LogP contribution is 2.31. The molecule has 0 aliphatic heterocycles. The van der Waals surface area contributed by atoms with Crippen LogP contribution in [0.4, 0.5) is 13.2 Å². The van der Waals surface area contributed by atoms with Gasteiger partial charge in [-0.05, 0) is 34.9 Å². The lowest BCUT2D eigenvalue weighted by Crippen LogP contribution is -2.24. The van der Waals surface area contributed by atoms with E-state index in [0.29, 0.717) is 12.1 Å². The predicted molar refractivity (Wildman–Crippen MR) is 89.6 cm³/mol. The van der Waals surface area contributed by atoms with Crippen molar-refractivity contribution in [3.63, 3.8) is 0 Å². The van der Waals surface area contributed by atoms with Crippen LogP contribution >= 0.6 is 12.4 Å². The number of hydrogen-bond donors (Lipinski definition) is 2. The van der Waals surface area contributed by atoms with E-state index in [0.717, 1.165) is 23.3 Å². The topological polar surface area (TPSA) is 55.1 Å². The first kappa shape index (κ1) is 20.0. The fourth-order valence-corrected chi connectivity index (χ4v) is 2.13. The molecule has 3 N–H and O–H groups in total. The molecule has 2 aromatic carbocycles. The molecule has 0 atom stereocenters. The Hall–Kier alpha value is -2.05. The summed E-state index contributed by atoms with van der Waals surface area (Å²) in [5.74, 6) is -0.132. The van der Waals surface area contributed by atoms with E-state index in [1.54, 1.807) is 6.07 Å². The Kier molecular flexibility index (Phi) is 7.25. The van der Waals surface area contributed by atoms with E-state index in [1.807, 2.05) is 18.2 Å². The summed E-state index contributed by atoms with van der Waals surface area (Å²) in [6, 6.07) is 12.3. The third-order valence-corrected chi connectivity index (χ3v) is 3.33. The summed E-state index contributed by atoms with van der Waals surface area (Å²) in [6.45, 7) is 0.644. The highest BCUT2D eigenvalue weighted by molar-refractivity contribution is 5.85. The van der Waals surface area contributed by atoms with Crippen molar-refractivity contribution in [1.29, 1.82) is 0 Å². The maximum Gasteiger partial charge on any atom is 0.416 e. The van der Waals surface area contributed by atoms with Crippen LogP contribution in [0.1, 0.15) is 17.5 Å². The Labute approximate surface area is 144 Å². The van der Waals surface area contributed by atoms with Crippen molar-refractivity contribution in [1.82, 2.24) is 5.32 Å². The van der Waals surface area contributed by atoms with Gasteiger partial charge in [-0.2, -0.15) is 13.2 Å². The van der Waals surface area contributed by atoms with Crippen LogP contribution in [0.25, 0.3) is 11.1 Å². The van der Waals surface area contributed by atoms with Gasteiger partial charge in [0.05, 0.1) is 5.56 Å². The second-order valence-electron chi connectivity index (χ2n) is 5.09. The molecule has 0 aromatic heterocycles. The number of nitrogens with one attached hydrogen (secondary N) is 1. The first-order valence-electron chi connectivity index (χ1n) is 7.13. The summed E-state index contributed by atoms with van der Waals surface area (Å²) in [6.07, 6.45) is -4.08.